The molecule has 0 saturated heterocycles. The maximum absolute atomic E-state index is 12.5. The van der Waals surface area contributed by atoms with Crippen LogP contribution in [0.5, 0.6) is 0 Å². The fourth-order valence-electron chi connectivity index (χ4n) is 0.920. The zero-order valence-electron chi connectivity index (χ0n) is 7.36. The van der Waals surface area contributed by atoms with E-state index in [1.807, 2.05) is 0 Å². The topological polar surface area (TPSA) is 120 Å². The molecule has 0 heterocycles. The molecule has 0 aliphatic rings. The zero-order valence-corrected chi connectivity index (χ0v) is 8.18. The Bertz CT molecular complexity index is 536. The van der Waals surface area contributed by atoms with Gasteiger partial charge >= 0.3 is 10.2 Å². The fourth-order valence-corrected chi connectivity index (χ4v) is 1.44. The molecule has 1 rings (SSSR count). The van der Waals surface area contributed by atoms with Crippen LogP contribution in [0.4, 0.5) is 15.3 Å². The third-order valence-electron chi connectivity index (χ3n) is 1.58. The molecule has 0 aromatic heterocycles. The van der Waals surface area contributed by atoms with Crippen LogP contribution in [0, 0.1) is 20.2 Å². The van der Waals surface area contributed by atoms with Gasteiger partial charge in [0.2, 0.25) is 0 Å². The van der Waals surface area contributed by atoms with Crippen molar-refractivity contribution in [1.29, 1.82) is 0 Å². The number of hydrogen-bond acceptors (Lipinski definition) is 6. The monoisotopic (exact) mass is 250 g/mol. The number of hydrogen-bond donors (Lipinski definition) is 0. The molecule has 16 heavy (non-hydrogen) atoms. The molecule has 1 aromatic rings. The minimum Gasteiger partial charge on any atom is -0.258 e. The van der Waals surface area contributed by atoms with Gasteiger partial charge in [0.1, 0.15) is 4.90 Å². The van der Waals surface area contributed by atoms with Gasteiger partial charge in [-0.1, -0.05) is 0 Å². The second kappa shape index (κ2) is 3.81. The van der Waals surface area contributed by atoms with Crippen LogP contribution in [-0.4, -0.2) is 18.3 Å². The highest BCUT2D eigenvalue weighted by atomic mass is 32.3. The SMILES string of the molecule is O=[N+]([O-])c1cc([N+](=O)[O-])cc(S(=O)(=O)F)c1. The Morgan fingerprint density at radius 2 is 1.38 bits per heavy atom. The molecule has 0 unspecified atom stereocenters. The van der Waals surface area contributed by atoms with Gasteiger partial charge in [0.25, 0.3) is 11.4 Å². The fraction of sp³-hybridized carbons (Fsp3) is 0. The van der Waals surface area contributed by atoms with Crippen molar-refractivity contribution in [2.24, 2.45) is 0 Å². The normalized spacial score (nSPS) is 11.1. The van der Waals surface area contributed by atoms with Gasteiger partial charge in [0.15, 0.2) is 0 Å². The molecule has 10 heteroatoms. The van der Waals surface area contributed by atoms with E-state index in [0.29, 0.717) is 18.2 Å². The van der Waals surface area contributed by atoms with Gasteiger partial charge in [-0.05, 0) is 0 Å². The van der Waals surface area contributed by atoms with E-state index < -0.39 is 36.3 Å². The lowest BCUT2D eigenvalue weighted by Gasteiger charge is -1.96. The summed E-state index contributed by atoms with van der Waals surface area (Å²) in [5.41, 5.74) is -1.74. The quantitative estimate of drug-likeness (QED) is 0.450. The van der Waals surface area contributed by atoms with Gasteiger partial charge in [0, 0.05) is 12.1 Å². The molecule has 0 bridgehead atoms. The predicted octanol–water partition coefficient (Wildman–Crippen LogP) is 1.16. The zero-order chi connectivity index (χ0) is 12.5. The van der Waals surface area contributed by atoms with E-state index >= 15 is 0 Å². The summed E-state index contributed by atoms with van der Waals surface area (Å²) < 4.78 is 33.5. The lowest BCUT2D eigenvalue weighted by molar-refractivity contribution is -0.394. The van der Waals surface area contributed by atoms with E-state index in [1.165, 1.54) is 0 Å². The molecule has 0 aliphatic heterocycles. The Labute approximate surface area is 87.8 Å². The summed E-state index contributed by atoms with van der Waals surface area (Å²) in [5.74, 6) is 0. The first kappa shape index (κ1) is 12.0. The Hall–Kier alpha value is -2.10. The van der Waals surface area contributed by atoms with Crippen molar-refractivity contribution in [1.82, 2.24) is 0 Å². The first-order chi connectivity index (χ1) is 7.21. The molecule has 86 valence electrons. The number of nitro benzene ring substituents is 2. The van der Waals surface area contributed by atoms with E-state index in [1.54, 1.807) is 0 Å². The van der Waals surface area contributed by atoms with Gasteiger partial charge < -0.3 is 0 Å². The lowest BCUT2D eigenvalue weighted by Crippen LogP contribution is -1.98. The van der Waals surface area contributed by atoms with Crippen molar-refractivity contribution in [3.8, 4) is 0 Å². The van der Waals surface area contributed by atoms with Crippen LogP contribution in [0.25, 0.3) is 0 Å². The van der Waals surface area contributed by atoms with Crippen LogP contribution in [0.2, 0.25) is 0 Å². The summed E-state index contributed by atoms with van der Waals surface area (Å²) in [6, 6.07) is 1.35. The highest BCUT2D eigenvalue weighted by Crippen LogP contribution is 2.26. The van der Waals surface area contributed by atoms with Crippen LogP contribution in [0.1, 0.15) is 0 Å². The van der Waals surface area contributed by atoms with Gasteiger partial charge in [0.05, 0.1) is 15.9 Å². The smallest absolute Gasteiger partial charge is 0.258 e. The summed E-state index contributed by atoms with van der Waals surface area (Å²) in [6.07, 6.45) is 0. The third kappa shape index (κ3) is 2.48. The van der Waals surface area contributed by atoms with Crippen molar-refractivity contribution in [3.05, 3.63) is 38.4 Å². The molecule has 0 radical (unpaired) electrons. The summed E-state index contributed by atoms with van der Waals surface area (Å²) in [4.78, 5) is 17.4. The Morgan fingerprint density at radius 3 is 1.62 bits per heavy atom. The highest BCUT2D eigenvalue weighted by molar-refractivity contribution is 7.86. The van der Waals surface area contributed by atoms with Crippen molar-refractivity contribution in [3.63, 3.8) is 0 Å². The Kier molecular flexibility index (Phi) is 2.85. The molecular weight excluding hydrogens is 247 g/mol. The summed E-state index contributed by atoms with van der Waals surface area (Å²) >= 11 is 0. The first-order valence-corrected chi connectivity index (χ1v) is 4.98. The van der Waals surface area contributed by atoms with Crippen LogP contribution < -0.4 is 0 Å². The van der Waals surface area contributed by atoms with Crippen LogP contribution in [0.3, 0.4) is 0 Å². The number of nitro groups is 2. The molecule has 0 aliphatic carbocycles. The number of non-ortho nitro benzene ring substituents is 2. The summed E-state index contributed by atoms with van der Waals surface area (Å²) in [5, 5.41) is 20.6. The number of halogens is 1. The minimum atomic E-state index is -5.22. The molecule has 0 saturated carbocycles. The average Bonchev–Trinajstić information content (AvgIpc) is 2.15. The third-order valence-corrected chi connectivity index (χ3v) is 2.38. The number of benzene rings is 1. The van der Waals surface area contributed by atoms with E-state index in [4.69, 9.17) is 0 Å². The van der Waals surface area contributed by atoms with Gasteiger partial charge in [-0.3, -0.25) is 20.2 Å². The van der Waals surface area contributed by atoms with E-state index in [9.17, 15) is 32.5 Å². The Morgan fingerprint density at radius 1 is 1.00 bits per heavy atom. The molecule has 8 nitrogen and oxygen atoms in total. The van der Waals surface area contributed by atoms with E-state index in [-0.39, 0.29) is 0 Å². The minimum absolute atomic E-state index is 0.405. The maximum Gasteiger partial charge on any atom is 0.332 e. The molecule has 0 fully saturated rings. The van der Waals surface area contributed by atoms with Crippen LogP contribution in [0.15, 0.2) is 23.1 Å². The lowest BCUT2D eigenvalue weighted by atomic mass is 10.3. The number of rotatable bonds is 3. The first-order valence-electron chi connectivity index (χ1n) is 3.60. The van der Waals surface area contributed by atoms with Crippen LogP contribution in [-0.2, 0) is 10.2 Å². The average molecular weight is 250 g/mol. The Balaban J connectivity index is 3.54. The van der Waals surface area contributed by atoms with E-state index in [2.05, 4.69) is 0 Å². The van der Waals surface area contributed by atoms with Gasteiger partial charge in [-0.25, -0.2) is 0 Å². The van der Waals surface area contributed by atoms with E-state index in [0.717, 1.165) is 0 Å². The molecule has 1 aromatic carbocycles. The van der Waals surface area contributed by atoms with Gasteiger partial charge in [-0.15, -0.1) is 3.89 Å². The van der Waals surface area contributed by atoms with Crippen molar-refractivity contribution >= 4 is 21.6 Å². The molecule has 0 atom stereocenters. The molecule has 0 N–H and O–H groups in total. The maximum atomic E-state index is 12.5. The van der Waals surface area contributed by atoms with Crippen molar-refractivity contribution < 1.29 is 22.2 Å². The molecular formula is C6H3FN2O6S. The van der Waals surface area contributed by atoms with Crippen LogP contribution >= 0.6 is 0 Å². The highest BCUT2D eigenvalue weighted by Gasteiger charge is 2.22. The summed E-state index contributed by atoms with van der Waals surface area (Å²) in [7, 11) is -5.22. The molecule has 0 spiro atoms. The molecule has 0 amide bonds. The number of nitrogens with zero attached hydrogens (tertiary/aromatic N) is 2. The predicted molar refractivity (Wildman–Crippen MR) is 48.0 cm³/mol. The standard InChI is InChI=1S/C6H3FN2O6S/c7-16(14,15)6-2-4(8(10)11)1-5(3-6)9(12)13/h1-3H. The van der Waals surface area contributed by atoms with Crippen molar-refractivity contribution in [2.45, 2.75) is 4.90 Å². The second-order valence-corrected chi connectivity index (χ2v) is 3.98. The second-order valence-electron chi connectivity index (χ2n) is 2.64. The van der Waals surface area contributed by atoms with Gasteiger partial charge in [-0.2, -0.15) is 8.42 Å². The van der Waals surface area contributed by atoms with Crippen molar-refractivity contribution in [2.75, 3.05) is 0 Å². The largest absolute Gasteiger partial charge is 0.332 e. The summed E-state index contributed by atoms with van der Waals surface area (Å²) in [6.45, 7) is 0.